The molecule has 0 aromatic carbocycles. The van der Waals surface area contributed by atoms with Crippen LogP contribution in [0.4, 0.5) is 0 Å². The summed E-state index contributed by atoms with van der Waals surface area (Å²) in [4.78, 5) is 8.33. The van der Waals surface area contributed by atoms with E-state index in [1.165, 1.54) is 48.8 Å². The minimum atomic E-state index is 0.852. The van der Waals surface area contributed by atoms with Crippen LogP contribution in [0.15, 0.2) is 6.20 Å². The molecule has 4 heteroatoms. The van der Waals surface area contributed by atoms with Crippen LogP contribution in [0, 0.1) is 12.8 Å². The molecule has 3 nitrogen and oxygen atoms in total. The molecule has 1 atom stereocenters. The predicted octanol–water partition coefficient (Wildman–Crippen LogP) is 2.03. The van der Waals surface area contributed by atoms with E-state index in [-0.39, 0.29) is 0 Å². The van der Waals surface area contributed by atoms with Crippen LogP contribution in [0.2, 0.25) is 0 Å². The van der Waals surface area contributed by atoms with E-state index >= 15 is 0 Å². The third kappa shape index (κ3) is 3.27. The van der Waals surface area contributed by atoms with Gasteiger partial charge in [0.1, 0.15) is 5.01 Å². The Bertz CT molecular complexity index is 372. The van der Waals surface area contributed by atoms with Gasteiger partial charge in [-0.1, -0.05) is 0 Å². The number of likely N-dealkylation sites (tertiary alicyclic amines) is 1. The van der Waals surface area contributed by atoms with Crippen molar-refractivity contribution in [1.29, 1.82) is 0 Å². The topological polar surface area (TPSA) is 28.2 Å². The van der Waals surface area contributed by atoms with Crippen molar-refractivity contribution in [2.75, 3.05) is 19.6 Å². The third-order valence-electron chi connectivity index (χ3n) is 3.67. The molecule has 0 spiro atoms. The Morgan fingerprint density at radius 2 is 2.35 bits per heavy atom. The Kier molecular flexibility index (Phi) is 3.45. The zero-order valence-corrected chi connectivity index (χ0v) is 11.3. The fourth-order valence-electron chi connectivity index (χ4n) is 2.51. The first-order valence-electron chi connectivity index (χ1n) is 6.66. The molecule has 1 aliphatic carbocycles. The summed E-state index contributed by atoms with van der Waals surface area (Å²) in [6.45, 7) is 6.90. The average molecular weight is 251 g/mol. The monoisotopic (exact) mass is 251 g/mol. The molecular weight excluding hydrogens is 230 g/mol. The van der Waals surface area contributed by atoms with E-state index in [1.54, 1.807) is 0 Å². The van der Waals surface area contributed by atoms with Crippen molar-refractivity contribution in [2.45, 2.75) is 38.8 Å². The molecule has 0 radical (unpaired) electrons. The quantitative estimate of drug-likeness (QED) is 0.868. The van der Waals surface area contributed by atoms with Crippen molar-refractivity contribution < 1.29 is 0 Å². The van der Waals surface area contributed by atoms with Crippen molar-refractivity contribution in [1.82, 2.24) is 15.2 Å². The molecule has 1 N–H and O–H groups in total. The molecule has 0 amide bonds. The van der Waals surface area contributed by atoms with Gasteiger partial charge in [-0.2, -0.15) is 0 Å². The summed E-state index contributed by atoms with van der Waals surface area (Å²) >= 11 is 1.84. The molecule has 2 aliphatic rings. The number of rotatable bonds is 5. The molecule has 17 heavy (non-hydrogen) atoms. The van der Waals surface area contributed by atoms with Gasteiger partial charge < -0.3 is 5.32 Å². The van der Waals surface area contributed by atoms with Gasteiger partial charge in [0.25, 0.3) is 0 Å². The van der Waals surface area contributed by atoms with Crippen LogP contribution in [-0.2, 0) is 6.54 Å². The number of nitrogens with one attached hydrogen (secondary N) is 1. The van der Waals surface area contributed by atoms with Crippen LogP contribution in [0.5, 0.6) is 0 Å². The Morgan fingerprint density at radius 3 is 3.06 bits per heavy atom. The number of hydrogen-bond donors (Lipinski definition) is 1. The van der Waals surface area contributed by atoms with Gasteiger partial charge in [0, 0.05) is 23.7 Å². The molecule has 1 aromatic heterocycles. The van der Waals surface area contributed by atoms with Crippen LogP contribution < -0.4 is 5.32 Å². The van der Waals surface area contributed by atoms with Crippen LogP contribution >= 0.6 is 11.3 Å². The van der Waals surface area contributed by atoms with Crippen LogP contribution in [-0.4, -0.2) is 35.6 Å². The minimum Gasteiger partial charge on any atom is -0.314 e. The summed E-state index contributed by atoms with van der Waals surface area (Å²) in [5.74, 6) is 0.858. The molecular formula is C13H21N3S. The van der Waals surface area contributed by atoms with Gasteiger partial charge in [0.05, 0.1) is 6.54 Å². The summed E-state index contributed by atoms with van der Waals surface area (Å²) in [6, 6.07) is 0.852. The second-order valence-corrected chi connectivity index (χ2v) is 6.76. The highest BCUT2D eigenvalue weighted by Crippen LogP contribution is 2.23. The lowest BCUT2D eigenvalue weighted by Crippen LogP contribution is -2.27. The molecule has 1 unspecified atom stereocenters. The second kappa shape index (κ2) is 5.04. The first-order chi connectivity index (χ1) is 8.29. The highest BCUT2D eigenvalue weighted by atomic mass is 32.1. The lowest BCUT2D eigenvalue weighted by molar-refractivity contribution is 0.313. The van der Waals surface area contributed by atoms with Crippen molar-refractivity contribution >= 4 is 11.3 Å². The molecule has 0 bridgehead atoms. The Balaban J connectivity index is 1.43. The van der Waals surface area contributed by atoms with Crippen molar-refractivity contribution in [2.24, 2.45) is 5.92 Å². The number of thiazole rings is 1. The van der Waals surface area contributed by atoms with E-state index in [4.69, 9.17) is 0 Å². The SMILES string of the molecule is Cc1cnc(CN2CCC(CNC3CC3)C2)s1. The minimum absolute atomic E-state index is 0.852. The molecule has 1 aromatic rings. The molecule has 2 fully saturated rings. The molecule has 3 rings (SSSR count). The zero-order chi connectivity index (χ0) is 11.7. The zero-order valence-electron chi connectivity index (χ0n) is 10.5. The van der Waals surface area contributed by atoms with Gasteiger partial charge in [-0.15, -0.1) is 11.3 Å². The number of hydrogen-bond acceptors (Lipinski definition) is 4. The first kappa shape index (κ1) is 11.6. The summed E-state index contributed by atoms with van der Waals surface area (Å²) < 4.78 is 0. The maximum atomic E-state index is 4.45. The first-order valence-corrected chi connectivity index (χ1v) is 7.48. The smallest absolute Gasteiger partial charge is 0.107 e. The van der Waals surface area contributed by atoms with Crippen LogP contribution in [0.1, 0.15) is 29.1 Å². The molecule has 1 saturated heterocycles. The highest BCUT2D eigenvalue weighted by molar-refractivity contribution is 7.11. The van der Waals surface area contributed by atoms with Gasteiger partial charge >= 0.3 is 0 Å². The average Bonchev–Trinajstić information content (AvgIpc) is 2.90. The van der Waals surface area contributed by atoms with Crippen molar-refractivity contribution in [3.8, 4) is 0 Å². The fourth-order valence-corrected chi connectivity index (χ4v) is 3.34. The maximum Gasteiger partial charge on any atom is 0.107 e. The van der Waals surface area contributed by atoms with E-state index in [0.717, 1.165) is 18.5 Å². The van der Waals surface area contributed by atoms with Crippen LogP contribution in [0.3, 0.4) is 0 Å². The Hall–Kier alpha value is -0.450. The Labute approximate surface area is 107 Å². The molecule has 1 aliphatic heterocycles. The highest BCUT2D eigenvalue weighted by Gasteiger charge is 2.26. The molecule has 1 saturated carbocycles. The van der Waals surface area contributed by atoms with Gasteiger partial charge in [-0.05, 0) is 45.2 Å². The Morgan fingerprint density at radius 1 is 1.47 bits per heavy atom. The lowest BCUT2D eigenvalue weighted by Gasteiger charge is -2.14. The van der Waals surface area contributed by atoms with Gasteiger partial charge in [0.2, 0.25) is 0 Å². The summed E-state index contributed by atoms with van der Waals surface area (Å²) in [7, 11) is 0. The number of nitrogens with zero attached hydrogens (tertiary/aromatic N) is 2. The summed E-state index contributed by atoms with van der Waals surface area (Å²) in [6.07, 6.45) is 6.13. The summed E-state index contributed by atoms with van der Waals surface area (Å²) in [5, 5.41) is 4.92. The number of aryl methyl sites for hydroxylation is 1. The van der Waals surface area contributed by atoms with E-state index < -0.39 is 0 Å². The standard InChI is InChI=1S/C13H21N3S/c1-10-6-15-13(17-10)9-16-5-4-11(8-16)7-14-12-2-3-12/h6,11-12,14H,2-5,7-9H2,1H3. The van der Waals surface area contributed by atoms with E-state index in [1.807, 2.05) is 17.5 Å². The van der Waals surface area contributed by atoms with Gasteiger partial charge in [0.15, 0.2) is 0 Å². The summed E-state index contributed by atoms with van der Waals surface area (Å²) in [5.41, 5.74) is 0. The van der Waals surface area contributed by atoms with Crippen molar-refractivity contribution in [3.05, 3.63) is 16.1 Å². The van der Waals surface area contributed by atoms with Crippen LogP contribution in [0.25, 0.3) is 0 Å². The fraction of sp³-hybridized carbons (Fsp3) is 0.769. The second-order valence-electron chi connectivity index (χ2n) is 5.44. The maximum absolute atomic E-state index is 4.45. The molecule has 94 valence electrons. The van der Waals surface area contributed by atoms with E-state index in [9.17, 15) is 0 Å². The van der Waals surface area contributed by atoms with E-state index in [2.05, 4.69) is 22.1 Å². The largest absolute Gasteiger partial charge is 0.314 e. The normalized spacial score (nSPS) is 25.6. The van der Waals surface area contributed by atoms with Gasteiger partial charge in [-0.3, -0.25) is 4.90 Å². The third-order valence-corrected chi connectivity index (χ3v) is 4.57. The van der Waals surface area contributed by atoms with E-state index in [0.29, 0.717) is 0 Å². The molecule has 2 heterocycles. The predicted molar refractivity (Wildman–Crippen MR) is 71.3 cm³/mol. The van der Waals surface area contributed by atoms with Crippen molar-refractivity contribution in [3.63, 3.8) is 0 Å². The number of aromatic nitrogens is 1. The van der Waals surface area contributed by atoms with Gasteiger partial charge in [-0.25, -0.2) is 4.98 Å². The lowest BCUT2D eigenvalue weighted by atomic mass is 10.1.